The van der Waals surface area contributed by atoms with E-state index in [2.05, 4.69) is 31.0 Å². The summed E-state index contributed by atoms with van der Waals surface area (Å²) in [6, 6.07) is 1.57. The van der Waals surface area contributed by atoms with Crippen molar-refractivity contribution in [3.8, 4) is 0 Å². The first-order valence-electron chi connectivity index (χ1n) is 7.18. The van der Waals surface area contributed by atoms with Gasteiger partial charge in [-0.3, -0.25) is 0 Å². The lowest BCUT2D eigenvalue weighted by atomic mass is 9.97. The van der Waals surface area contributed by atoms with Crippen LogP contribution in [0.4, 0.5) is 0 Å². The van der Waals surface area contributed by atoms with Crippen molar-refractivity contribution in [3.63, 3.8) is 0 Å². The first-order chi connectivity index (χ1) is 7.70. The van der Waals surface area contributed by atoms with E-state index in [0.29, 0.717) is 0 Å². The van der Waals surface area contributed by atoms with Gasteiger partial charge in [-0.1, -0.05) is 13.8 Å². The highest BCUT2D eigenvalue weighted by molar-refractivity contribution is 4.89. The van der Waals surface area contributed by atoms with E-state index in [1.807, 2.05) is 0 Å². The Morgan fingerprint density at radius 1 is 1.25 bits per heavy atom. The highest BCUT2D eigenvalue weighted by Crippen LogP contribution is 2.39. The normalized spacial score (nSPS) is 39.9. The smallest absolute Gasteiger partial charge is 0.00940 e. The molecule has 2 heteroatoms. The SMILES string of the molecule is CCCNC1CCN(CC2CC2C)C(C)C1. The maximum Gasteiger partial charge on any atom is 0.00940 e. The first-order valence-corrected chi connectivity index (χ1v) is 7.18. The van der Waals surface area contributed by atoms with Crippen LogP contribution in [0.25, 0.3) is 0 Å². The molecule has 1 saturated heterocycles. The van der Waals surface area contributed by atoms with Crippen LogP contribution >= 0.6 is 0 Å². The first kappa shape index (κ1) is 12.4. The molecule has 1 heterocycles. The van der Waals surface area contributed by atoms with Crippen LogP contribution in [0.5, 0.6) is 0 Å². The van der Waals surface area contributed by atoms with Crippen molar-refractivity contribution < 1.29 is 0 Å². The molecular weight excluding hydrogens is 196 g/mol. The molecule has 0 aromatic heterocycles. The van der Waals surface area contributed by atoms with Gasteiger partial charge in [-0.25, -0.2) is 0 Å². The van der Waals surface area contributed by atoms with Crippen LogP contribution in [0, 0.1) is 11.8 Å². The maximum atomic E-state index is 3.67. The molecule has 0 aromatic rings. The molecule has 1 N–H and O–H groups in total. The molecule has 1 aliphatic heterocycles. The molecule has 1 aliphatic carbocycles. The zero-order chi connectivity index (χ0) is 11.5. The fourth-order valence-corrected chi connectivity index (χ4v) is 2.98. The van der Waals surface area contributed by atoms with Gasteiger partial charge in [0.15, 0.2) is 0 Å². The van der Waals surface area contributed by atoms with Gasteiger partial charge in [0, 0.05) is 18.6 Å². The van der Waals surface area contributed by atoms with E-state index in [9.17, 15) is 0 Å². The molecule has 4 atom stereocenters. The Morgan fingerprint density at radius 2 is 2.00 bits per heavy atom. The molecule has 0 spiro atoms. The van der Waals surface area contributed by atoms with Crippen LogP contribution in [-0.2, 0) is 0 Å². The number of piperidine rings is 1. The summed E-state index contributed by atoms with van der Waals surface area (Å²) < 4.78 is 0. The minimum absolute atomic E-state index is 0.780. The van der Waals surface area contributed by atoms with E-state index in [1.165, 1.54) is 45.3 Å². The van der Waals surface area contributed by atoms with Crippen molar-refractivity contribution >= 4 is 0 Å². The topological polar surface area (TPSA) is 15.3 Å². The van der Waals surface area contributed by atoms with E-state index in [4.69, 9.17) is 0 Å². The Hall–Kier alpha value is -0.0800. The van der Waals surface area contributed by atoms with Gasteiger partial charge in [0.2, 0.25) is 0 Å². The average Bonchev–Trinajstić information content (AvgIpc) is 2.95. The fraction of sp³-hybridized carbons (Fsp3) is 1.00. The number of nitrogens with zero attached hydrogens (tertiary/aromatic N) is 1. The molecule has 2 aliphatic rings. The number of nitrogens with one attached hydrogen (secondary N) is 1. The standard InChI is InChI=1S/C14H28N2/c1-4-6-15-14-5-7-16(12(3)9-14)10-13-8-11(13)2/h11-15H,4-10H2,1-3H3. The Kier molecular flexibility index (Phi) is 4.26. The van der Waals surface area contributed by atoms with Crippen LogP contribution in [0.3, 0.4) is 0 Å². The van der Waals surface area contributed by atoms with Crippen molar-refractivity contribution in [1.82, 2.24) is 10.2 Å². The van der Waals surface area contributed by atoms with Crippen molar-refractivity contribution in [2.24, 2.45) is 11.8 Å². The molecule has 16 heavy (non-hydrogen) atoms. The second-order valence-corrected chi connectivity index (χ2v) is 5.99. The molecule has 0 radical (unpaired) electrons. The summed E-state index contributed by atoms with van der Waals surface area (Å²) in [7, 11) is 0. The number of hydrogen-bond acceptors (Lipinski definition) is 2. The average molecular weight is 224 g/mol. The van der Waals surface area contributed by atoms with Crippen LogP contribution in [0.2, 0.25) is 0 Å². The van der Waals surface area contributed by atoms with Crippen molar-refractivity contribution in [2.45, 2.75) is 58.5 Å². The van der Waals surface area contributed by atoms with Gasteiger partial charge in [-0.2, -0.15) is 0 Å². The van der Waals surface area contributed by atoms with Gasteiger partial charge in [0.05, 0.1) is 0 Å². The lowest BCUT2D eigenvalue weighted by Crippen LogP contribution is -2.48. The van der Waals surface area contributed by atoms with E-state index in [-0.39, 0.29) is 0 Å². The molecule has 0 aromatic carbocycles. The van der Waals surface area contributed by atoms with Gasteiger partial charge in [0.25, 0.3) is 0 Å². The van der Waals surface area contributed by atoms with Crippen molar-refractivity contribution in [3.05, 3.63) is 0 Å². The fourth-order valence-electron chi connectivity index (χ4n) is 2.98. The molecule has 2 fully saturated rings. The van der Waals surface area contributed by atoms with E-state index < -0.39 is 0 Å². The molecule has 0 amide bonds. The third kappa shape index (κ3) is 3.21. The molecule has 2 nitrogen and oxygen atoms in total. The largest absolute Gasteiger partial charge is 0.314 e. The van der Waals surface area contributed by atoms with Crippen LogP contribution in [0.1, 0.15) is 46.5 Å². The molecule has 94 valence electrons. The molecular formula is C14H28N2. The lowest BCUT2D eigenvalue weighted by molar-refractivity contribution is 0.129. The van der Waals surface area contributed by atoms with Crippen molar-refractivity contribution in [1.29, 1.82) is 0 Å². The van der Waals surface area contributed by atoms with Crippen molar-refractivity contribution in [2.75, 3.05) is 19.6 Å². The quantitative estimate of drug-likeness (QED) is 0.772. The molecule has 4 unspecified atom stereocenters. The van der Waals surface area contributed by atoms with E-state index >= 15 is 0 Å². The van der Waals surface area contributed by atoms with E-state index in [1.54, 1.807) is 0 Å². The predicted octanol–water partition coefficient (Wildman–Crippen LogP) is 2.49. The second-order valence-electron chi connectivity index (χ2n) is 5.99. The summed E-state index contributed by atoms with van der Waals surface area (Å²) in [5.41, 5.74) is 0. The molecule has 2 rings (SSSR count). The summed E-state index contributed by atoms with van der Waals surface area (Å²) >= 11 is 0. The third-order valence-electron chi connectivity index (χ3n) is 4.44. The molecule has 0 bridgehead atoms. The lowest BCUT2D eigenvalue weighted by Gasteiger charge is -2.38. The monoisotopic (exact) mass is 224 g/mol. The zero-order valence-electron chi connectivity index (χ0n) is 11.2. The number of likely N-dealkylation sites (tertiary alicyclic amines) is 1. The minimum atomic E-state index is 0.780. The summed E-state index contributed by atoms with van der Waals surface area (Å²) in [4.78, 5) is 2.72. The van der Waals surface area contributed by atoms with Crippen LogP contribution < -0.4 is 5.32 Å². The summed E-state index contributed by atoms with van der Waals surface area (Å²) in [6.45, 7) is 10.9. The van der Waals surface area contributed by atoms with Gasteiger partial charge in [-0.05, 0) is 57.5 Å². The Labute approximate surface area is 101 Å². The Bertz CT molecular complexity index is 217. The highest BCUT2D eigenvalue weighted by atomic mass is 15.2. The van der Waals surface area contributed by atoms with Gasteiger partial charge in [-0.15, -0.1) is 0 Å². The summed E-state index contributed by atoms with van der Waals surface area (Å²) in [5.74, 6) is 2.02. The van der Waals surface area contributed by atoms with Gasteiger partial charge in [0.1, 0.15) is 0 Å². The number of rotatable bonds is 5. The van der Waals surface area contributed by atoms with Crippen LogP contribution in [0.15, 0.2) is 0 Å². The molecule has 1 saturated carbocycles. The number of hydrogen-bond donors (Lipinski definition) is 1. The minimum Gasteiger partial charge on any atom is -0.314 e. The van der Waals surface area contributed by atoms with E-state index in [0.717, 1.165) is 23.9 Å². The van der Waals surface area contributed by atoms with Gasteiger partial charge < -0.3 is 10.2 Å². The third-order valence-corrected chi connectivity index (χ3v) is 4.44. The maximum absolute atomic E-state index is 3.67. The summed E-state index contributed by atoms with van der Waals surface area (Å²) in [6.07, 6.45) is 5.43. The zero-order valence-corrected chi connectivity index (χ0v) is 11.2. The summed E-state index contributed by atoms with van der Waals surface area (Å²) in [5, 5.41) is 3.67. The highest BCUT2D eigenvalue weighted by Gasteiger charge is 2.36. The van der Waals surface area contributed by atoms with Gasteiger partial charge >= 0.3 is 0 Å². The Morgan fingerprint density at radius 3 is 2.56 bits per heavy atom. The van der Waals surface area contributed by atoms with Crippen LogP contribution in [-0.4, -0.2) is 36.6 Å². The second kappa shape index (κ2) is 5.50. The predicted molar refractivity (Wildman–Crippen MR) is 69.6 cm³/mol. The Balaban J connectivity index is 1.70.